The molecule has 0 atom stereocenters. The molecular formula is C23H23NO6. The summed E-state index contributed by atoms with van der Waals surface area (Å²) in [5.41, 5.74) is 2.09. The van der Waals surface area contributed by atoms with Crippen molar-refractivity contribution < 1.29 is 28.7 Å². The number of nitrogens with zero attached hydrogens (tertiary/aromatic N) is 1. The molecule has 1 heterocycles. The van der Waals surface area contributed by atoms with E-state index in [1.165, 1.54) is 18.2 Å². The van der Waals surface area contributed by atoms with Crippen LogP contribution in [0, 0.1) is 0 Å². The summed E-state index contributed by atoms with van der Waals surface area (Å²) >= 11 is 0. The second-order valence-electron chi connectivity index (χ2n) is 6.92. The molecule has 0 bridgehead atoms. The fourth-order valence-electron chi connectivity index (χ4n) is 3.21. The molecule has 0 fully saturated rings. The number of hydrogen-bond donors (Lipinski definition) is 0. The summed E-state index contributed by atoms with van der Waals surface area (Å²) in [6.07, 6.45) is 1.39. The fraction of sp³-hybridized carbons (Fsp3) is 0.304. The molecule has 0 saturated carbocycles. The van der Waals surface area contributed by atoms with Crippen molar-refractivity contribution in [2.24, 2.45) is 0 Å². The molecule has 0 spiro atoms. The molecule has 156 valence electrons. The van der Waals surface area contributed by atoms with Crippen molar-refractivity contribution in [1.82, 2.24) is 4.90 Å². The summed E-state index contributed by atoms with van der Waals surface area (Å²) in [5.74, 6) is -1.89. The average Bonchev–Trinajstić information content (AvgIpc) is 3.01. The SMILES string of the molecule is CCc1ccc(C(=O)COC(=O)c2ccc3c(c2)C(=O)N(CCCOC)C3=O)cc1. The van der Waals surface area contributed by atoms with Crippen LogP contribution in [0.3, 0.4) is 0 Å². The summed E-state index contributed by atoms with van der Waals surface area (Å²) in [6.45, 7) is 2.29. The zero-order valence-corrected chi connectivity index (χ0v) is 17.0. The number of carbonyl (C=O) groups excluding carboxylic acids is 4. The van der Waals surface area contributed by atoms with E-state index in [9.17, 15) is 19.2 Å². The molecule has 1 aliphatic rings. The maximum Gasteiger partial charge on any atom is 0.338 e. The number of aryl methyl sites for hydroxylation is 1. The number of methoxy groups -OCH3 is 1. The van der Waals surface area contributed by atoms with Gasteiger partial charge in [0, 0.05) is 25.8 Å². The minimum Gasteiger partial charge on any atom is -0.454 e. The highest BCUT2D eigenvalue weighted by atomic mass is 16.5. The molecule has 1 aliphatic heterocycles. The van der Waals surface area contributed by atoms with Gasteiger partial charge in [-0.1, -0.05) is 31.2 Å². The molecule has 7 heteroatoms. The monoisotopic (exact) mass is 409 g/mol. The maximum atomic E-state index is 12.5. The molecule has 0 N–H and O–H groups in total. The number of carbonyl (C=O) groups is 4. The number of Topliss-reactive ketones (excluding diaryl/α,β-unsaturated/α-hetero) is 1. The predicted octanol–water partition coefficient (Wildman–Crippen LogP) is 2.92. The fourth-order valence-corrected chi connectivity index (χ4v) is 3.21. The van der Waals surface area contributed by atoms with Gasteiger partial charge in [-0.05, 0) is 36.6 Å². The number of ketones is 1. The van der Waals surface area contributed by atoms with Gasteiger partial charge in [-0.15, -0.1) is 0 Å². The number of benzene rings is 2. The number of amides is 2. The minimum atomic E-state index is -0.727. The van der Waals surface area contributed by atoms with Crippen molar-refractivity contribution in [1.29, 1.82) is 0 Å². The van der Waals surface area contributed by atoms with E-state index in [0.29, 0.717) is 18.6 Å². The summed E-state index contributed by atoms with van der Waals surface area (Å²) in [5, 5.41) is 0. The second kappa shape index (κ2) is 9.45. The van der Waals surface area contributed by atoms with Gasteiger partial charge in [0.15, 0.2) is 12.4 Å². The number of rotatable bonds is 9. The Morgan fingerprint density at radius 2 is 1.60 bits per heavy atom. The largest absolute Gasteiger partial charge is 0.454 e. The molecule has 30 heavy (non-hydrogen) atoms. The molecule has 2 amide bonds. The van der Waals surface area contributed by atoms with Gasteiger partial charge in [0.1, 0.15) is 0 Å². The Bertz CT molecular complexity index is 980. The average molecular weight is 409 g/mol. The minimum absolute atomic E-state index is 0.114. The van der Waals surface area contributed by atoms with Crippen LogP contribution in [0.15, 0.2) is 42.5 Å². The van der Waals surface area contributed by atoms with Gasteiger partial charge < -0.3 is 9.47 Å². The standard InChI is InChI=1S/C23H23NO6/c1-3-15-5-7-16(8-6-15)20(25)14-30-23(28)17-9-10-18-19(13-17)22(27)24(21(18)26)11-4-12-29-2/h5-10,13H,3-4,11-12,14H2,1-2H3. The Morgan fingerprint density at radius 3 is 2.27 bits per heavy atom. The van der Waals surface area contributed by atoms with Crippen LogP contribution in [-0.2, 0) is 15.9 Å². The van der Waals surface area contributed by atoms with E-state index in [1.807, 2.05) is 19.1 Å². The van der Waals surface area contributed by atoms with E-state index in [1.54, 1.807) is 19.2 Å². The lowest BCUT2D eigenvalue weighted by atomic mass is 10.1. The van der Waals surface area contributed by atoms with Gasteiger partial charge in [0.2, 0.25) is 0 Å². The van der Waals surface area contributed by atoms with Crippen LogP contribution in [0.1, 0.15) is 60.3 Å². The van der Waals surface area contributed by atoms with Crippen LogP contribution >= 0.6 is 0 Å². The molecule has 7 nitrogen and oxygen atoms in total. The Morgan fingerprint density at radius 1 is 0.933 bits per heavy atom. The lowest BCUT2D eigenvalue weighted by Gasteiger charge is -2.12. The first kappa shape index (κ1) is 21.4. The van der Waals surface area contributed by atoms with Crippen molar-refractivity contribution in [2.45, 2.75) is 19.8 Å². The lowest BCUT2D eigenvalue weighted by Crippen LogP contribution is -2.31. The van der Waals surface area contributed by atoms with E-state index >= 15 is 0 Å². The Kier molecular flexibility index (Phi) is 6.74. The highest BCUT2D eigenvalue weighted by molar-refractivity contribution is 6.22. The van der Waals surface area contributed by atoms with Gasteiger partial charge >= 0.3 is 5.97 Å². The Balaban J connectivity index is 1.65. The highest BCUT2D eigenvalue weighted by Gasteiger charge is 2.35. The smallest absolute Gasteiger partial charge is 0.338 e. The van der Waals surface area contributed by atoms with Gasteiger partial charge in [-0.2, -0.15) is 0 Å². The molecule has 0 unspecified atom stereocenters. The Labute approximate surface area is 174 Å². The third kappa shape index (κ3) is 4.46. The van der Waals surface area contributed by atoms with Crippen LogP contribution in [0.4, 0.5) is 0 Å². The molecular weight excluding hydrogens is 386 g/mol. The molecule has 0 aliphatic carbocycles. The van der Waals surface area contributed by atoms with Crippen LogP contribution in [0.25, 0.3) is 0 Å². The topological polar surface area (TPSA) is 90.0 Å². The number of hydrogen-bond acceptors (Lipinski definition) is 6. The van der Waals surface area contributed by atoms with Gasteiger partial charge in [0.25, 0.3) is 11.8 Å². The molecule has 2 aromatic carbocycles. The Hall–Kier alpha value is -3.32. The predicted molar refractivity (Wildman–Crippen MR) is 109 cm³/mol. The van der Waals surface area contributed by atoms with Crippen LogP contribution < -0.4 is 0 Å². The molecule has 0 aromatic heterocycles. The van der Waals surface area contributed by atoms with E-state index in [-0.39, 0.29) is 29.0 Å². The van der Waals surface area contributed by atoms with Crippen molar-refractivity contribution >= 4 is 23.6 Å². The molecule has 0 radical (unpaired) electrons. The van der Waals surface area contributed by atoms with Gasteiger partial charge in [0.05, 0.1) is 16.7 Å². The summed E-state index contributed by atoms with van der Waals surface area (Å²) in [6, 6.07) is 11.3. The van der Waals surface area contributed by atoms with Crippen LogP contribution in [0.2, 0.25) is 0 Å². The first-order chi connectivity index (χ1) is 14.5. The summed E-state index contributed by atoms with van der Waals surface area (Å²) in [4.78, 5) is 50.7. The quantitative estimate of drug-likeness (QED) is 0.274. The third-order valence-electron chi connectivity index (χ3n) is 4.96. The summed E-state index contributed by atoms with van der Waals surface area (Å²) < 4.78 is 10.1. The van der Waals surface area contributed by atoms with E-state index < -0.39 is 24.4 Å². The van der Waals surface area contributed by atoms with Crippen molar-refractivity contribution in [3.05, 3.63) is 70.3 Å². The van der Waals surface area contributed by atoms with Crippen LogP contribution in [-0.4, -0.2) is 55.3 Å². The van der Waals surface area contributed by atoms with E-state index in [0.717, 1.165) is 16.9 Å². The van der Waals surface area contributed by atoms with Crippen molar-refractivity contribution in [2.75, 3.05) is 26.9 Å². The second-order valence-corrected chi connectivity index (χ2v) is 6.92. The third-order valence-corrected chi connectivity index (χ3v) is 4.96. The molecule has 0 saturated heterocycles. The first-order valence-corrected chi connectivity index (χ1v) is 9.74. The zero-order valence-electron chi connectivity index (χ0n) is 17.0. The zero-order chi connectivity index (χ0) is 21.7. The van der Waals surface area contributed by atoms with Gasteiger partial charge in [-0.25, -0.2) is 4.79 Å². The lowest BCUT2D eigenvalue weighted by molar-refractivity contribution is 0.0474. The first-order valence-electron chi connectivity index (χ1n) is 9.74. The van der Waals surface area contributed by atoms with Crippen molar-refractivity contribution in [3.63, 3.8) is 0 Å². The number of fused-ring (bicyclic) bond motifs is 1. The number of esters is 1. The summed E-state index contributed by atoms with van der Waals surface area (Å²) in [7, 11) is 1.55. The highest BCUT2D eigenvalue weighted by Crippen LogP contribution is 2.24. The maximum absolute atomic E-state index is 12.5. The number of imide groups is 1. The van der Waals surface area contributed by atoms with Crippen molar-refractivity contribution in [3.8, 4) is 0 Å². The van der Waals surface area contributed by atoms with Gasteiger partial charge in [-0.3, -0.25) is 19.3 Å². The molecule has 2 aromatic rings. The van der Waals surface area contributed by atoms with Crippen LogP contribution in [0.5, 0.6) is 0 Å². The number of ether oxygens (including phenoxy) is 2. The molecule has 3 rings (SSSR count). The van der Waals surface area contributed by atoms with E-state index in [4.69, 9.17) is 9.47 Å². The normalized spacial score (nSPS) is 12.8. The van der Waals surface area contributed by atoms with E-state index in [2.05, 4.69) is 0 Å².